The SMILES string of the molecule is Cc1ccc(N(c2cc3c(c4c2oc2ccccc24)-c2c(ccc4ccccc24)C32c3ccccc3-c3ccccc32)c2cccc3c2c2ccccc2n3-c2ccccc2)cn1. The minimum Gasteiger partial charge on any atom is -0.454 e. The lowest BCUT2D eigenvalue weighted by molar-refractivity contribution is 0.668. The van der Waals surface area contributed by atoms with Crippen LogP contribution in [0.5, 0.6) is 0 Å². The highest BCUT2D eigenvalue weighted by Crippen LogP contribution is 2.66. The van der Waals surface area contributed by atoms with Gasteiger partial charge in [0.2, 0.25) is 0 Å². The molecule has 0 N–H and O–H groups in total. The molecular formula is C59H37N3O. The van der Waals surface area contributed by atoms with E-state index in [4.69, 9.17) is 9.40 Å². The average molecular weight is 804 g/mol. The molecule has 3 heterocycles. The molecule has 14 rings (SSSR count). The predicted molar refractivity (Wildman–Crippen MR) is 259 cm³/mol. The Kier molecular flexibility index (Phi) is 6.94. The van der Waals surface area contributed by atoms with E-state index in [-0.39, 0.29) is 0 Å². The maximum Gasteiger partial charge on any atom is 0.160 e. The monoisotopic (exact) mass is 803 g/mol. The van der Waals surface area contributed by atoms with Crippen LogP contribution in [0.3, 0.4) is 0 Å². The van der Waals surface area contributed by atoms with Crippen LogP contribution in [-0.4, -0.2) is 9.55 Å². The molecule has 2 aliphatic rings. The van der Waals surface area contributed by atoms with Crippen LogP contribution in [0.25, 0.3) is 82.5 Å². The van der Waals surface area contributed by atoms with Crippen LogP contribution in [0.4, 0.5) is 17.1 Å². The van der Waals surface area contributed by atoms with Gasteiger partial charge in [0.1, 0.15) is 5.58 Å². The molecule has 0 radical (unpaired) electrons. The van der Waals surface area contributed by atoms with E-state index in [1.54, 1.807) is 0 Å². The Balaban J connectivity index is 1.19. The lowest BCUT2D eigenvalue weighted by Gasteiger charge is -2.32. The zero-order valence-electron chi connectivity index (χ0n) is 34.4. The number of para-hydroxylation sites is 3. The highest BCUT2D eigenvalue weighted by atomic mass is 16.3. The topological polar surface area (TPSA) is 34.2 Å². The van der Waals surface area contributed by atoms with Crippen LogP contribution in [0.2, 0.25) is 0 Å². The van der Waals surface area contributed by atoms with Gasteiger partial charge in [0.25, 0.3) is 0 Å². The Morgan fingerprint density at radius 1 is 0.492 bits per heavy atom. The predicted octanol–water partition coefficient (Wildman–Crippen LogP) is 15.4. The van der Waals surface area contributed by atoms with Crippen molar-refractivity contribution in [2.75, 3.05) is 4.90 Å². The van der Waals surface area contributed by atoms with Crippen molar-refractivity contribution in [3.05, 3.63) is 234 Å². The molecule has 0 bridgehead atoms. The van der Waals surface area contributed by atoms with E-state index in [1.807, 2.05) is 6.20 Å². The lowest BCUT2D eigenvalue weighted by atomic mass is 9.70. The number of hydrogen-bond acceptors (Lipinski definition) is 3. The number of nitrogens with zero attached hydrogens (tertiary/aromatic N) is 3. The molecule has 2 aliphatic carbocycles. The van der Waals surface area contributed by atoms with Crippen LogP contribution < -0.4 is 4.90 Å². The van der Waals surface area contributed by atoms with Gasteiger partial charge in [-0.1, -0.05) is 146 Å². The molecule has 0 saturated heterocycles. The molecule has 3 aromatic heterocycles. The molecule has 0 fully saturated rings. The molecule has 0 aliphatic heterocycles. The van der Waals surface area contributed by atoms with E-state index < -0.39 is 5.41 Å². The summed E-state index contributed by atoms with van der Waals surface area (Å²) in [4.78, 5) is 7.38. The maximum atomic E-state index is 7.28. The van der Waals surface area contributed by atoms with Gasteiger partial charge in [0.15, 0.2) is 5.58 Å². The first-order chi connectivity index (χ1) is 31.2. The summed E-state index contributed by atoms with van der Waals surface area (Å²) >= 11 is 0. The summed E-state index contributed by atoms with van der Waals surface area (Å²) in [6, 6.07) is 73.3. The van der Waals surface area contributed by atoms with Crippen LogP contribution in [0.15, 0.2) is 211 Å². The van der Waals surface area contributed by atoms with Gasteiger partial charge in [-0.3, -0.25) is 4.98 Å². The van der Waals surface area contributed by atoms with Crippen molar-refractivity contribution >= 4 is 71.6 Å². The summed E-state index contributed by atoms with van der Waals surface area (Å²) in [5.41, 5.74) is 18.6. The molecule has 9 aromatic carbocycles. The maximum absolute atomic E-state index is 7.28. The smallest absolute Gasteiger partial charge is 0.160 e. The van der Waals surface area contributed by atoms with E-state index in [0.29, 0.717) is 0 Å². The van der Waals surface area contributed by atoms with Gasteiger partial charge < -0.3 is 13.9 Å². The summed E-state index contributed by atoms with van der Waals surface area (Å²) in [6.45, 7) is 2.05. The molecule has 0 atom stereocenters. The second kappa shape index (κ2) is 12.7. The largest absolute Gasteiger partial charge is 0.454 e. The molecule has 0 amide bonds. The minimum absolute atomic E-state index is 0.601. The first-order valence-electron chi connectivity index (χ1n) is 21.7. The number of aromatic nitrogens is 2. The van der Waals surface area contributed by atoms with E-state index in [0.717, 1.165) is 66.8 Å². The fraction of sp³-hybridized carbons (Fsp3) is 0.0339. The Hall–Kier alpha value is -8.21. The lowest BCUT2D eigenvalue weighted by Crippen LogP contribution is -2.26. The molecule has 294 valence electrons. The number of fused-ring (bicyclic) bond motifs is 19. The third-order valence-electron chi connectivity index (χ3n) is 13.9. The van der Waals surface area contributed by atoms with Crippen molar-refractivity contribution in [2.45, 2.75) is 12.3 Å². The zero-order valence-corrected chi connectivity index (χ0v) is 34.4. The fourth-order valence-electron chi connectivity index (χ4n) is 11.5. The number of benzene rings is 9. The van der Waals surface area contributed by atoms with Gasteiger partial charge in [0, 0.05) is 32.9 Å². The van der Waals surface area contributed by atoms with Crippen molar-refractivity contribution in [1.29, 1.82) is 0 Å². The van der Waals surface area contributed by atoms with Crippen molar-refractivity contribution in [3.63, 3.8) is 0 Å². The summed E-state index contributed by atoms with van der Waals surface area (Å²) < 4.78 is 9.67. The van der Waals surface area contributed by atoms with Gasteiger partial charge in [-0.25, -0.2) is 0 Å². The van der Waals surface area contributed by atoms with Crippen LogP contribution in [0, 0.1) is 6.92 Å². The first kappa shape index (κ1) is 34.5. The third-order valence-corrected chi connectivity index (χ3v) is 13.9. The Bertz CT molecular complexity index is 3830. The van der Waals surface area contributed by atoms with E-state index in [1.165, 1.54) is 60.7 Å². The molecule has 0 unspecified atom stereocenters. The van der Waals surface area contributed by atoms with Crippen LogP contribution in [0.1, 0.15) is 27.9 Å². The second-order valence-electron chi connectivity index (χ2n) is 17.0. The number of pyridine rings is 1. The van der Waals surface area contributed by atoms with Gasteiger partial charge in [-0.2, -0.15) is 0 Å². The molecule has 4 nitrogen and oxygen atoms in total. The van der Waals surface area contributed by atoms with E-state index in [9.17, 15) is 0 Å². The van der Waals surface area contributed by atoms with Crippen LogP contribution >= 0.6 is 0 Å². The average Bonchev–Trinajstić information content (AvgIpc) is 4.07. The Morgan fingerprint density at radius 2 is 1.17 bits per heavy atom. The number of rotatable bonds is 4. The molecule has 63 heavy (non-hydrogen) atoms. The molecule has 0 saturated carbocycles. The summed E-state index contributed by atoms with van der Waals surface area (Å²) in [7, 11) is 0. The second-order valence-corrected chi connectivity index (χ2v) is 17.0. The number of hydrogen-bond donors (Lipinski definition) is 0. The Morgan fingerprint density at radius 3 is 1.97 bits per heavy atom. The third kappa shape index (κ3) is 4.46. The van der Waals surface area contributed by atoms with Gasteiger partial charge >= 0.3 is 0 Å². The standard InChI is InChI=1S/C59H37N3O/c1-36-30-32-39(35-60-36)62(51-28-15-27-50-55(51)43-22-9-13-26-49(43)61(50)38-17-3-2-4-18-38)52-34-48-57(56-44-23-10-14-29-53(44)63-58(52)56)54-40-19-6-5-16-37(40)31-33-47(54)59(48)45-24-11-7-20-41(45)42-21-8-12-25-46(42)59/h2-35H,1H3. The summed E-state index contributed by atoms with van der Waals surface area (Å²) in [6.07, 6.45) is 2.02. The summed E-state index contributed by atoms with van der Waals surface area (Å²) in [5.74, 6) is 0. The quantitative estimate of drug-likeness (QED) is 0.178. The molecular weight excluding hydrogens is 767 g/mol. The number of anilines is 3. The van der Waals surface area contributed by atoms with Gasteiger partial charge in [0.05, 0.1) is 39.7 Å². The van der Waals surface area contributed by atoms with Gasteiger partial charge in [-0.05, 0) is 117 Å². The summed E-state index contributed by atoms with van der Waals surface area (Å²) in [5, 5.41) is 7.02. The number of aryl methyl sites for hydroxylation is 1. The molecule has 12 aromatic rings. The van der Waals surface area contributed by atoms with Crippen molar-refractivity contribution < 1.29 is 4.42 Å². The van der Waals surface area contributed by atoms with E-state index in [2.05, 4.69) is 217 Å². The zero-order chi connectivity index (χ0) is 41.4. The highest BCUT2D eigenvalue weighted by Gasteiger charge is 2.53. The number of furan rings is 1. The Labute approximate surface area is 363 Å². The van der Waals surface area contributed by atoms with Crippen molar-refractivity contribution in [1.82, 2.24) is 9.55 Å². The minimum atomic E-state index is -0.601. The van der Waals surface area contributed by atoms with Crippen molar-refractivity contribution in [3.8, 4) is 27.9 Å². The normalized spacial score (nSPS) is 13.3. The van der Waals surface area contributed by atoms with Crippen LogP contribution in [-0.2, 0) is 5.41 Å². The highest BCUT2D eigenvalue weighted by molar-refractivity contribution is 6.24. The molecule has 1 spiro atoms. The molecule has 4 heteroatoms. The van der Waals surface area contributed by atoms with Crippen molar-refractivity contribution in [2.24, 2.45) is 0 Å². The van der Waals surface area contributed by atoms with E-state index >= 15 is 0 Å². The fourth-order valence-corrected chi connectivity index (χ4v) is 11.5. The van der Waals surface area contributed by atoms with Gasteiger partial charge in [-0.15, -0.1) is 0 Å². The first-order valence-corrected chi connectivity index (χ1v) is 21.7.